The van der Waals surface area contributed by atoms with E-state index in [1.807, 2.05) is 17.8 Å². The summed E-state index contributed by atoms with van der Waals surface area (Å²) in [6.07, 6.45) is 3.80. The van der Waals surface area contributed by atoms with Crippen LogP contribution in [0.1, 0.15) is 42.5 Å². The van der Waals surface area contributed by atoms with Crippen LogP contribution in [0.25, 0.3) is 0 Å². The van der Waals surface area contributed by atoms with Crippen LogP contribution in [0.3, 0.4) is 0 Å². The number of rotatable bonds is 6. The van der Waals surface area contributed by atoms with Gasteiger partial charge in [0.15, 0.2) is 11.5 Å². The maximum Gasteiger partial charge on any atom is 0.326 e. The van der Waals surface area contributed by atoms with E-state index in [9.17, 15) is 9.59 Å². The molecule has 4 unspecified atom stereocenters. The smallest absolute Gasteiger partial charge is 0.326 e. The Hall–Kier alpha value is -1.93. The van der Waals surface area contributed by atoms with Gasteiger partial charge in [0.2, 0.25) is 0 Å². The Bertz CT molecular complexity index is 1060. The number of carbonyl (C=O) groups excluding carboxylic acids is 1. The quantitative estimate of drug-likeness (QED) is 0.603. The Labute approximate surface area is 189 Å². The van der Waals surface area contributed by atoms with E-state index in [1.165, 1.54) is 30.6 Å². The molecular formula is C23H27NO5S2. The summed E-state index contributed by atoms with van der Waals surface area (Å²) in [5.74, 6) is 3.06. The van der Waals surface area contributed by atoms with Crippen LogP contribution in [0.2, 0.25) is 0 Å². The average molecular weight is 462 g/mol. The number of esters is 1. The molecule has 0 amide bonds. The van der Waals surface area contributed by atoms with Gasteiger partial charge in [-0.2, -0.15) is 0 Å². The highest BCUT2D eigenvalue weighted by Gasteiger charge is 2.55. The third-order valence-corrected chi connectivity index (χ3v) is 9.88. The van der Waals surface area contributed by atoms with E-state index in [2.05, 4.69) is 12.1 Å². The molecule has 2 fully saturated rings. The van der Waals surface area contributed by atoms with E-state index in [0.717, 1.165) is 15.5 Å². The molecule has 0 N–H and O–H groups in total. The van der Waals surface area contributed by atoms with Crippen molar-refractivity contribution in [2.45, 2.75) is 48.9 Å². The van der Waals surface area contributed by atoms with E-state index in [1.54, 1.807) is 25.7 Å². The Morgan fingerprint density at radius 1 is 1.16 bits per heavy atom. The molecule has 8 heteroatoms. The van der Waals surface area contributed by atoms with E-state index < -0.39 is 0 Å². The summed E-state index contributed by atoms with van der Waals surface area (Å²) in [5.41, 5.74) is 1.16. The lowest BCUT2D eigenvalue weighted by Crippen LogP contribution is -2.34. The molecule has 1 aromatic carbocycles. The molecule has 1 aliphatic heterocycles. The predicted octanol–water partition coefficient (Wildman–Crippen LogP) is 4.14. The summed E-state index contributed by atoms with van der Waals surface area (Å²) >= 11 is 3.11. The highest BCUT2D eigenvalue weighted by molar-refractivity contribution is 8.00. The molecule has 31 heavy (non-hydrogen) atoms. The number of nitrogens with zero attached hydrogens (tertiary/aromatic N) is 1. The van der Waals surface area contributed by atoms with Crippen molar-refractivity contribution in [3.05, 3.63) is 38.3 Å². The van der Waals surface area contributed by atoms with Gasteiger partial charge in [-0.15, -0.1) is 11.8 Å². The monoisotopic (exact) mass is 461 g/mol. The fraction of sp³-hybridized carbons (Fsp3) is 0.565. The molecule has 0 spiro atoms. The maximum absolute atomic E-state index is 13.0. The van der Waals surface area contributed by atoms with E-state index in [4.69, 9.17) is 14.2 Å². The number of carbonyl (C=O) groups is 1. The minimum Gasteiger partial charge on any atom is -0.493 e. The molecule has 0 saturated heterocycles. The number of methoxy groups -OCH3 is 2. The van der Waals surface area contributed by atoms with Crippen molar-refractivity contribution < 1.29 is 19.0 Å². The van der Waals surface area contributed by atoms with Crippen LogP contribution in [0.5, 0.6) is 11.5 Å². The second-order valence-electron chi connectivity index (χ2n) is 8.51. The summed E-state index contributed by atoms with van der Waals surface area (Å²) in [7, 11) is 3.29. The standard InChI is InChI=1S/C23H27NO5S2/c1-4-29-17(25)11-24-22-21(31-23(24)26)19(13-7-8-15(27-2)16(10-13)28-3)18-12-5-6-14(9-12)20(18)30-22/h7-8,10,12,14,18-20H,4-6,9,11H2,1-3H3/t12?,14?,18?,19-,20?/m0/s1. The SMILES string of the molecule is CCOC(=O)Cn1c2c(sc1=O)[C@@H](c1ccc(OC)c(OC)c1)C1C3CCC(C3)C1S2. The van der Waals surface area contributed by atoms with E-state index >= 15 is 0 Å². The fourth-order valence-corrected chi connectivity index (χ4v) is 8.99. The number of hydrogen-bond acceptors (Lipinski definition) is 7. The molecule has 2 bridgehead atoms. The molecule has 166 valence electrons. The van der Waals surface area contributed by atoms with Crippen LogP contribution in [0.15, 0.2) is 28.0 Å². The zero-order valence-corrected chi connectivity index (χ0v) is 19.6. The summed E-state index contributed by atoms with van der Waals surface area (Å²) in [5, 5.41) is 1.43. The number of benzene rings is 1. The fourth-order valence-electron chi connectivity index (χ4n) is 5.84. The highest BCUT2D eigenvalue weighted by Crippen LogP contribution is 2.64. The second kappa shape index (κ2) is 8.20. The topological polar surface area (TPSA) is 66.8 Å². The van der Waals surface area contributed by atoms with Crippen LogP contribution in [-0.4, -0.2) is 36.6 Å². The largest absolute Gasteiger partial charge is 0.493 e. The van der Waals surface area contributed by atoms with Gasteiger partial charge < -0.3 is 14.2 Å². The molecule has 5 rings (SSSR count). The Morgan fingerprint density at radius 3 is 2.68 bits per heavy atom. The lowest BCUT2D eigenvalue weighted by molar-refractivity contribution is -0.144. The number of fused-ring (bicyclic) bond motifs is 6. The minimum absolute atomic E-state index is 0.0182. The van der Waals surface area contributed by atoms with Crippen molar-refractivity contribution >= 4 is 29.1 Å². The number of ether oxygens (including phenoxy) is 3. The lowest BCUT2D eigenvalue weighted by Gasteiger charge is -2.40. The molecule has 2 aromatic rings. The zero-order valence-electron chi connectivity index (χ0n) is 18.0. The number of hydrogen-bond donors (Lipinski definition) is 0. The minimum atomic E-state index is -0.358. The number of thioether (sulfide) groups is 1. The predicted molar refractivity (Wildman–Crippen MR) is 121 cm³/mol. The summed E-state index contributed by atoms with van der Waals surface area (Å²) in [6, 6.07) is 6.12. The summed E-state index contributed by atoms with van der Waals surface area (Å²) in [6.45, 7) is 2.08. The van der Waals surface area contributed by atoms with Gasteiger partial charge in [-0.3, -0.25) is 14.2 Å². The van der Waals surface area contributed by atoms with Crippen molar-refractivity contribution in [2.75, 3.05) is 20.8 Å². The second-order valence-corrected chi connectivity index (χ2v) is 10.7. The van der Waals surface area contributed by atoms with Crippen LogP contribution in [-0.2, 0) is 16.1 Å². The van der Waals surface area contributed by atoms with Gasteiger partial charge in [0.25, 0.3) is 0 Å². The first-order valence-electron chi connectivity index (χ1n) is 10.8. The van der Waals surface area contributed by atoms with E-state index in [0.29, 0.717) is 41.1 Å². The summed E-state index contributed by atoms with van der Waals surface area (Å²) in [4.78, 5) is 26.2. The first-order valence-corrected chi connectivity index (χ1v) is 12.5. The van der Waals surface area contributed by atoms with Crippen LogP contribution < -0.4 is 14.3 Å². The van der Waals surface area contributed by atoms with Gasteiger partial charge in [0.1, 0.15) is 6.54 Å². The molecule has 5 atom stereocenters. The molecular weight excluding hydrogens is 434 g/mol. The average Bonchev–Trinajstić information content (AvgIpc) is 3.46. The Morgan fingerprint density at radius 2 is 1.94 bits per heavy atom. The molecule has 2 saturated carbocycles. The molecule has 2 heterocycles. The van der Waals surface area contributed by atoms with Crippen molar-refractivity contribution in [3.63, 3.8) is 0 Å². The van der Waals surface area contributed by atoms with Crippen molar-refractivity contribution in [1.82, 2.24) is 4.57 Å². The molecule has 1 aromatic heterocycles. The van der Waals surface area contributed by atoms with Gasteiger partial charge in [0.05, 0.1) is 25.9 Å². The molecule has 0 radical (unpaired) electrons. The third kappa shape index (κ3) is 3.39. The van der Waals surface area contributed by atoms with Crippen LogP contribution >= 0.6 is 23.1 Å². The Kier molecular flexibility index (Phi) is 5.54. The van der Waals surface area contributed by atoms with Gasteiger partial charge >= 0.3 is 10.8 Å². The van der Waals surface area contributed by atoms with Crippen molar-refractivity contribution in [1.29, 1.82) is 0 Å². The van der Waals surface area contributed by atoms with Gasteiger partial charge in [-0.1, -0.05) is 17.4 Å². The first-order chi connectivity index (χ1) is 15.0. The number of thiazole rings is 1. The normalized spacial score (nSPS) is 28.2. The highest BCUT2D eigenvalue weighted by atomic mass is 32.2. The zero-order chi connectivity index (χ0) is 21.7. The molecule has 2 aliphatic carbocycles. The van der Waals surface area contributed by atoms with E-state index in [-0.39, 0.29) is 23.3 Å². The lowest BCUT2D eigenvalue weighted by atomic mass is 9.75. The molecule has 3 aliphatic rings. The van der Waals surface area contributed by atoms with Crippen LogP contribution in [0.4, 0.5) is 0 Å². The molecule has 6 nitrogen and oxygen atoms in total. The Balaban J connectivity index is 1.62. The third-order valence-electron chi connectivity index (χ3n) is 7.05. The summed E-state index contributed by atoms with van der Waals surface area (Å²) < 4.78 is 17.8. The first kappa shape index (κ1) is 20.9. The number of aromatic nitrogens is 1. The van der Waals surface area contributed by atoms with Gasteiger partial charge in [-0.05, 0) is 61.6 Å². The van der Waals surface area contributed by atoms with Crippen LogP contribution in [0, 0.1) is 17.8 Å². The van der Waals surface area contributed by atoms with Crippen molar-refractivity contribution in [2.24, 2.45) is 17.8 Å². The van der Waals surface area contributed by atoms with Gasteiger partial charge in [0, 0.05) is 16.0 Å². The van der Waals surface area contributed by atoms with Gasteiger partial charge in [-0.25, -0.2) is 0 Å². The maximum atomic E-state index is 13.0. The van der Waals surface area contributed by atoms with Crippen molar-refractivity contribution in [3.8, 4) is 11.5 Å².